The molecule has 0 unspecified atom stereocenters. The van der Waals surface area contributed by atoms with E-state index in [2.05, 4.69) is 10.3 Å². The summed E-state index contributed by atoms with van der Waals surface area (Å²) >= 11 is 0. The molecule has 1 aromatic carbocycles. The van der Waals surface area contributed by atoms with Gasteiger partial charge in [-0.3, -0.25) is 8.98 Å². The molecule has 0 spiro atoms. The minimum absolute atomic E-state index is 0.00748. The van der Waals surface area contributed by atoms with E-state index in [0.717, 1.165) is 6.29 Å². The standard InChI is InChI=1S/C22H22N2O7S/c1-3-30-22(27)19-12(2)23-17(13(19)5-4-9-25)11-15-20-14-8-10-31-32(28,29)18(14)7-6-16(20)24-21(15)26/h6-7,9,11,23H,3-5,8,10H2,1-2H3,(H,24,26)/b15-11-. The molecule has 1 amide bonds. The van der Waals surface area contributed by atoms with Crippen LogP contribution in [0.3, 0.4) is 0 Å². The van der Waals surface area contributed by atoms with E-state index in [1.165, 1.54) is 12.1 Å². The lowest BCUT2D eigenvalue weighted by atomic mass is 9.96. The fourth-order valence-corrected chi connectivity index (χ4v) is 5.36. The van der Waals surface area contributed by atoms with E-state index in [4.69, 9.17) is 8.92 Å². The molecule has 0 radical (unpaired) electrons. The zero-order valence-corrected chi connectivity index (χ0v) is 18.4. The topological polar surface area (TPSA) is 132 Å². The minimum atomic E-state index is -3.89. The SMILES string of the molecule is CCOC(=O)c1c(C)[nH]c(/C=C2\C(=O)Nc3ccc4c(c32)CCOS4(=O)=O)c1CCC=O. The molecular formula is C22H22N2O7S. The van der Waals surface area contributed by atoms with Gasteiger partial charge in [0.05, 0.1) is 29.2 Å². The Morgan fingerprint density at radius 2 is 2.09 bits per heavy atom. The number of esters is 1. The Bertz CT molecular complexity index is 1270. The summed E-state index contributed by atoms with van der Waals surface area (Å²) in [5.74, 6) is -0.896. The van der Waals surface area contributed by atoms with E-state index in [1.807, 2.05) is 0 Å². The molecule has 0 fully saturated rings. The van der Waals surface area contributed by atoms with Crippen molar-refractivity contribution in [3.63, 3.8) is 0 Å². The molecule has 0 saturated heterocycles. The molecule has 0 atom stereocenters. The number of ether oxygens (including phenoxy) is 1. The zero-order valence-electron chi connectivity index (χ0n) is 17.6. The largest absolute Gasteiger partial charge is 0.462 e. The molecule has 168 valence electrons. The summed E-state index contributed by atoms with van der Waals surface area (Å²) in [6.45, 7) is 3.61. The number of carbonyl (C=O) groups excluding carboxylic acids is 3. The van der Waals surface area contributed by atoms with Gasteiger partial charge in [0.15, 0.2) is 0 Å². The van der Waals surface area contributed by atoms with Crippen LogP contribution in [0.4, 0.5) is 5.69 Å². The molecule has 1 aromatic heterocycles. The van der Waals surface area contributed by atoms with E-state index in [1.54, 1.807) is 19.9 Å². The lowest BCUT2D eigenvalue weighted by molar-refractivity contribution is -0.111. The predicted octanol–water partition coefficient (Wildman–Crippen LogP) is 2.39. The number of fused-ring (bicyclic) bond motifs is 3. The first-order chi connectivity index (χ1) is 15.3. The Morgan fingerprint density at radius 3 is 2.81 bits per heavy atom. The van der Waals surface area contributed by atoms with Crippen LogP contribution in [0, 0.1) is 6.92 Å². The second kappa shape index (κ2) is 8.36. The summed E-state index contributed by atoms with van der Waals surface area (Å²) in [4.78, 5) is 39.5. The highest BCUT2D eigenvalue weighted by Crippen LogP contribution is 2.41. The predicted molar refractivity (Wildman–Crippen MR) is 116 cm³/mol. The maximum atomic E-state index is 12.8. The Kier molecular flexibility index (Phi) is 5.74. The number of amides is 1. The number of anilines is 1. The third-order valence-corrected chi connectivity index (χ3v) is 6.89. The van der Waals surface area contributed by atoms with E-state index in [0.29, 0.717) is 45.7 Å². The molecule has 0 saturated carbocycles. The first-order valence-corrected chi connectivity index (χ1v) is 11.6. The maximum absolute atomic E-state index is 12.8. The third kappa shape index (κ3) is 3.65. The molecule has 3 heterocycles. The average molecular weight is 458 g/mol. The van der Waals surface area contributed by atoms with Crippen LogP contribution in [0.15, 0.2) is 17.0 Å². The van der Waals surface area contributed by atoms with Crippen LogP contribution in [0.5, 0.6) is 0 Å². The molecule has 2 aromatic rings. The molecule has 10 heteroatoms. The third-order valence-electron chi connectivity index (χ3n) is 5.50. The summed E-state index contributed by atoms with van der Waals surface area (Å²) < 4.78 is 34.8. The van der Waals surface area contributed by atoms with Gasteiger partial charge in [0.2, 0.25) is 0 Å². The van der Waals surface area contributed by atoms with Gasteiger partial charge in [0.25, 0.3) is 16.0 Å². The molecule has 9 nitrogen and oxygen atoms in total. The molecule has 0 aliphatic carbocycles. The van der Waals surface area contributed by atoms with Crippen molar-refractivity contribution in [3.05, 3.63) is 45.8 Å². The summed E-state index contributed by atoms with van der Waals surface area (Å²) in [6, 6.07) is 2.97. The van der Waals surface area contributed by atoms with E-state index in [-0.39, 0.29) is 42.4 Å². The quantitative estimate of drug-likeness (QED) is 0.294. The lowest BCUT2D eigenvalue weighted by Crippen LogP contribution is -2.19. The number of hydrogen-bond donors (Lipinski definition) is 2. The van der Waals surface area contributed by atoms with Crippen LogP contribution in [0.1, 0.15) is 51.8 Å². The molecular weight excluding hydrogens is 436 g/mol. The molecule has 2 N–H and O–H groups in total. The Labute approximate surface area is 184 Å². The number of aldehydes is 1. The van der Waals surface area contributed by atoms with Crippen molar-refractivity contribution in [1.82, 2.24) is 4.98 Å². The smallest absolute Gasteiger partial charge is 0.340 e. The first-order valence-electron chi connectivity index (χ1n) is 10.2. The summed E-state index contributed by atoms with van der Waals surface area (Å²) in [5.41, 5.74) is 3.78. The molecule has 4 rings (SSSR count). The molecule has 2 aliphatic heterocycles. The molecule has 0 bridgehead atoms. The van der Waals surface area contributed by atoms with Crippen LogP contribution < -0.4 is 5.32 Å². The van der Waals surface area contributed by atoms with Gasteiger partial charge in [0, 0.05) is 29.1 Å². The van der Waals surface area contributed by atoms with Crippen molar-refractivity contribution in [2.75, 3.05) is 18.5 Å². The number of aromatic amines is 1. The Hall–Kier alpha value is -3.24. The second-order valence-electron chi connectivity index (χ2n) is 7.45. The van der Waals surface area contributed by atoms with Gasteiger partial charge in [0.1, 0.15) is 6.29 Å². The van der Waals surface area contributed by atoms with Gasteiger partial charge in [-0.2, -0.15) is 8.42 Å². The summed E-state index contributed by atoms with van der Waals surface area (Å²) in [6.07, 6.45) is 3.16. The van der Waals surface area contributed by atoms with Gasteiger partial charge in [-0.15, -0.1) is 0 Å². The molecule has 32 heavy (non-hydrogen) atoms. The normalized spacial score (nSPS) is 17.6. The number of H-pyrrole nitrogens is 1. The van der Waals surface area contributed by atoms with Gasteiger partial charge in [-0.05, 0) is 56.0 Å². The summed E-state index contributed by atoms with van der Waals surface area (Å²) in [5, 5.41) is 2.77. The fourth-order valence-electron chi connectivity index (χ4n) is 4.19. The number of aryl methyl sites for hydroxylation is 1. The van der Waals surface area contributed by atoms with E-state index in [9.17, 15) is 22.8 Å². The highest BCUT2D eigenvalue weighted by molar-refractivity contribution is 7.86. The fraction of sp³-hybridized carbons (Fsp3) is 0.318. The van der Waals surface area contributed by atoms with Crippen molar-refractivity contribution >= 4 is 45.6 Å². The van der Waals surface area contributed by atoms with Gasteiger partial charge < -0.3 is 19.8 Å². The van der Waals surface area contributed by atoms with Crippen molar-refractivity contribution in [3.8, 4) is 0 Å². The first kappa shape index (κ1) is 22.0. The van der Waals surface area contributed by atoms with Crippen LogP contribution in [-0.4, -0.2) is 44.8 Å². The number of nitrogens with one attached hydrogen (secondary N) is 2. The molecule has 2 aliphatic rings. The Balaban J connectivity index is 1.90. The number of benzene rings is 1. The average Bonchev–Trinajstić information content (AvgIpc) is 3.22. The summed E-state index contributed by atoms with van der Waals surface area (Å²) in [7, 11) is -3.89. The zero-order chi connectivity index (χ0) is 23.0. The highest BCUT2D eigenvalue weighted by Gasteiger charge is 2.34. The van der Waals surface area contributed by atoms with Crippen molar-refractivity contribution in [1.29, 1.82) is 0 Å². The van der Waals surface area contributed by atoms with Crippen LogP contribution in [0.2, 0.25) is 0 Å². The number of carbonyl (C=O) groups is 3. The van der Waals surface area contributed by atoms with Crippen LogP contribution in [-0.2, 0) is 41.5 Å². The van der Waals surface area contributed by atoms with Crippen molar-refractivity contribution < 1.29 is 31.7 Å². The number of aromatic nitrogens is 1. The van der Waals surface area contributed by atoms with Crippen LogP contribution >= 0.6 is 0 Å². The monoisotopic (exact) mass is 458 g/mol. The van der Waals surface area contributed by atoms with Crippen LogP contribution in [0.25, 0.3) is 11.6 Å². The van der Waals surface area contributed by atoms with Gasteiger partial charge >= 0.3 is 5.97 Å². The van der Waals surface area contributed by atoms with Gasteiger partial charge in [-0.1, -0.05) is 0 Å². The number of rotatable bonds is 6. The second-order valence-corrected chi connectivity index (χ2v) is 9.03. The lowest BCUT2D eigenvalue weighted by Gasteiger charge is -2.19. The number of hydrogen-bond acceptors (Lipinski definition) is 7. The van der Waals surface area contributed by atoms with E-state index >= 15 is 0 Å². The highest BCUT2D eigenvalue weighted by atomic mass is 32.2. The van der Waals surface area contributed by atoms with Crippen molar-refractivity contribution in [2.45, 2.75) is 38.0 Å². The van der Waals surface area contributed by atoms with E-state index < -0.39 is 16.1 Å². The van der Waals surface area contributed by atoms with Gasteiger partial charge in [-0.25, -0.2) is 4.79 Å². The minimum Gasteiger partial charge on any atom is -0.462 e. The Morgan fingerprint density at radius 1 is 1.31 bits per heavy atom. The van der Waals surface area contributed by atoms with Crippen molar-refractivity contribution in [2.24, 2.45) is 0 Å². The maximum Gasteiger partial charge on any atom is 0.340 e.